The largest absolute Gasteiger partial charge is 0.356 e. The molecule has 0 aromatic heterocycles. The van der Waals surface area contributed by atoms with Crippen molar-refractivity contribution in [2.24, 2.45) is 5.14 Å². The van der Waals surface area contributed by atoms with E-state index in [-0.39, 0.29) is 11.7 Å². The first-order chi connectivity index (χ1) is 6.95. The fourth-order valence-electron chi connectivity index (χ4n) is 1.02. The van der Waals surface area contributed by atoms with Crippen molar-refractivity contribution in [3.63, 3.8) is 0 Å². The van der Waals surface area contributed by atoms with Gasteiger partial charge in [-0.25, -0.2) is 13.6 Å². The van der Waals surface area contributed by atoms with Gasteiger partial charge in [0.15, 0.2) is 0 Å². The minimum absolute atomic E-state index is 0.0559. The van der Waals surface area contributed by atoms with E-state index in [0.29, 0.717) is 19.4 Å². The fourth-order valence-corrected chi connectivity index (χ4v) is 1.56. The SMILES string of the molecule is CNCCCC(=O)NCCCS(N)(=O)=O. The summed E-state index contributed by atoms with van der Waals surface area (Å²) >= 11 is 0. The van der Waals surface area contributed by atoms with Crippen molar-refractivity contribution < 1.29 is 13.2 Å². The molecule has 0 aliphatic heterocycles. The second kappa shape index (κ2) is 7.61. The van der Waals surface area contributed by atoms with E-state index < -0.39 is 10.0 Å². The lowest BCUT2D eigenvalue weighted by Gasteiger charge is -2.04. The number of carbonyl (C=O) groups excluding carboxylic acids is 1. The molecule has 90 valence electrons. The molecule has 0 aromatic carbocycles. The molecule has 0 aliphatic rings. The lowest BCUT2D eigenvalue weighted by molar-refractivity contribution is -0.121. The second-order valence-electron chi connectivity index (χ2n) is 3.28. The summed E-state index contributed by atoms with van der Waals surface area (Å²) in [6.45, 7) is 1.15. The van der Waals surface area contributed by atoms with Crippen LogP contribution in [0.4, 0.5) is 0 Å². The molecule has 0 saturated carbocycles. The Balaban J connectivity index is 3.39. The molecule has 0 aromatic rings. The third kappa shape index (κ3) is 11.3. The van der Waals surface area contributed by atoms with Gasteiger partial charge in [-0.3, -0.25) is 4.79 Å². The molecule has 7 heteroatoms. The zero-order chi connectivity index (χ0) is 11.7. The summed E-state index contributed by atoms with van der Waals surface area (Å²) < 4.78 is 21.1. The Labute approximate surface area is 90.7 Å². The van der Waals surface area contributed by atoms with Crippen molar-refractivity contribution in [2.75, 3.05) is 25.9 Å². The van der Waals surface area contributed by atoms with Crippen molar-refractivity contribution in [2.45, 2.75) is 19.3 Å². The van der Waals surface area contributed by atoms with Gasteiger partial charge in [0.25, 0.3) is 0 Å². The predicted molar refractivity (Wildman–Crippen MR) is 58.8 cm³/mol. The number of carbonyl (C=O) groups is 1. The topological polar surface area (TPSA) is 101 Å². The lowest BCUT2D eigenvalue weighted by Crippen LogP contribution is -2.27. The maximum Gasteiger partial charge on any atom is 0.220 e. The monoisotopic (exact) mass is 237 g/mol. The molecule has 0 spiro atoms. The van der Waals surface area contributed by atoms with Crippen molar-refractivity contribution in [3.8, 4) is 0 Å². The molecule has 6 nitrogen and oxygen atoms in total. The van der Waals surface area contributed by atoms with Crippen LogP contribution in [0.5, 0.6) is 0 Å². The number of hydrogen-bond donors (Lipinski definition) is 3. The Morgan fingerprint density at radius 2 is 1.93 bits per heavy atom. The van der Waals surface area contributed by atoms with Gasteiger partial charge in [-0.1, -0.05) is 0 Å². The summed E-state index contributed by atoms with van der Waals surface area (Å²) in [5.41, 5.74) is 0. The summed E-state index contributed by atoms with van der Waals surface area (Å²) in [4.78, 5) is 11.1. The number of nitrogens with one attached hydrogen (secondary N) is 2. The third-order valence-corrected chi connectivity index (χ3v) is 2.62. The average molecular weight is 237 g/mol. The van der Waals surface area contributed by atoms with Crippen LogP contribution in [0.15, 0.2) is 0 Å². The normalized spacial score (nSPS) is 11.3. The van der Waals surface area contributed by atoms with Gasteiger partial charge in [0, 0.05) is 13.0 Å². The molecule has 0 radical (unpaired) electrons. The van der Waals surface area contributed by atoms with Gasteiger partial charge in [-0.05, 0) is 26.4 Å². The minimum atomic E-state index is -3.40. The van der Waals surface area contributed by atoms with Crippen LogP contribution in [0, 0.1) is 0 Å². The highest BCUT2D eigenvalue weighted by Gasteiger charge is 2.03. The van der Waals surface area contributed by atoms with E-state index in [1.165, 1.54) is 0 Å². The van der Waals surface area contributed by atoms with Gasteiger partial charge in [-0.2, -0.15) is 0 Å². The predicted octanol–water partition coefficient (Wildman–Crippen LogP) is -1.22. The van der Waals surface area contributed by atoms with Crippen LogP contribution >= 0.6 is 0 Å². The molecule has 0 fully saturated rings. The van der Waals surface area contributed by atoms with Crippen LogP contribution in [-0.2, 0) is 14.8 Å². The first-order valence-electron chi connectivity index (χ1n) is 4.87. The number of sulfonamides is 1. The van der Waals surface area contributed by atoms with Gasteiger partial charge in [0.05, 0.1) is 5.75 Å². The summed E-state index contributed by atoms with van der Waals surface area (Å²) in [5, 5.41) is 10.4. The zero-order valence-electron chi connectivity index (χ0n) is 8.95. The van der Waals surface area contributed by atoms with Crippen LogP contribution < -0.4 is 15.8 Å². The second-order valence-corrected chi connectivity index (χ2v) is 5.01. The summed E-state index contributed by atoms with van der Waals surface area (Å²) in [6.07, 6.45) is 1.59. The Bertz CT molecular complexity index is 277. The van der Waals surface area contributed by atoms with E-state index in [1.807, 2.05) is 7.05 Å². The number of nitrogens with two attached hydrogens (primary N) is 1. The zero-order valence-corrected chi connectivity index (χ0v) is 9.77. The highest BCUT2D eigenvalue weighted by atomic mass is 32.2. The van der Waals surface area contributed by atoms with Crippen molar-refractivity contribution >= 4 is 15.9 Å². The van der Waals surface area contributed by atoms with Gasteiger partial charge in [-0.15, -0.1) is 0 Å². The van der Waals surface area contributed by atoms with Gasteiger partial charge < -0.3 is 10.6 Å². The molecule has 0 heterocycles. The molecule has 0 unspecified atom stereocenters. The maximum absolute atomic E-state index is 11.1. The Hall–Kier alpha value is -0.660. The van der Waals surface area contributed by atoms with E-state index in [9.17, 15) is 13.2 Å². The number of hydrogen-bond acceptors (Lipinski definition) is 4. The third-order valence-electron chi connectivity index (χ3n) is 1.76. The first kappa shape index (κ1) is 14.3. The van der Waals surface area contributed by atoms with Crippen LogP contribution in [0.3, 0.4) is 0 Å². The van der Waals surface area contributed by atoms with Crippen LogP contribution in [0.1, 0.15) is 19.3 Å². The van der Waals surface area contributed by atoms with E-state index in [1.54, 1.807) is 0 Å². The number of amides is 1. The van der Waals surface area contributed by atoms with Crippen LogP contribution in [-0.4, -0.2) is 40.2 Å². The summed E-state index contributed by atoms with van der Waals surface area (Å²) in [7, 11) is -1.58. The van der Waals surface area contributed by atoms with Crippen molar-refractivity contribution in [1.29, 1.82) is 0 Å². The summed E-state index contributed by atoms with van der Waals surface area (Å²) in [6, 6.07) is 0. The Kier molecular flexibility index (Phi) is 7.27. The lowest BCUT2D eigenvalue weighted by atomic mass is 10.3. The standard InChI is InChI=1S/C8H19N3O3S/c1-10-5-2-4-8(12)11-6-3-7-15(9,13)14/h10H,2-7H2,1H3,(H,11,12)(H2,9,13,14). The molecule has 0 bridgehead atoms. The minimum Gasteiger partial charge on any atom is -0.356 e. The molecule has 15 heavy (non-hydrogen) atoms. The van der Waals surface area contributed by atoms with Crippen molar-refractivity contribution in [3.05, 3.63) is 0 Å². The van der Waals surface area contributed by atoms with E-state index in [2.05, 4.69) is 10.6 Å². The number of rotatable bonds is 8. The highest BCUT2D eigenvalue weighted by Crippen LogP contribution is 1.88. The van der Waals surface area contributed by atoms with Crippen LogP contribution in [0.2, 0.25) is 0 Å². The molecule has 4 N–H and O–H groups in total. The van der Waals surface area contributed by atoms with Gasteiger partial charge >= 0.3 is 0 Å². The first-order valence-corrected chi connectivity index (χ1v) is 6.59. The smallest absolute Gasteiger partial charge is 0.220 e. The fraction of sp³-hybridized carbons (Fsp3) is 0.875. The Morgan fingerprint density at radius 3 is 2.47 bits per heavy atom. The molecule has 1 amide bonds. The van der Waals surface area contributed by atoms with Crippen LogP contribution in [0.25, 0.3) is 0 Å². The molecular weight excluding hydrogens is 218 g/mol. The van der Waals surface area contributed by atoms with Gasteiger partial charge in [0.2, 0.25) is 15.9 Å². The van der Waals surface area contributed by atoms with E-state index in [4.69, 9.17) is 5.14 Å². The quantitative estimate of drug-likeness (QED) is 0.461. The molecule has 0 aliphatic carbocycles. The molecular formula is C8H19N3O3S. The molecule has 0 rings (SSSR count). The van der Waals surface area contributed by atoms with E-state index in [0.717, 1.165) is 13.0 Å². The summed E-state index contributed by atoms with van der Waals surface area (Å²) in [5.74, 6) is -0.149. The van der Waals surface area contributed by atoms with Crippen molar-refractivity contribution in [1.82, 2.24) is 10.6 Å². The Morgan fingerprint density at radius 1 is 1.27 bits per heavy atom. The molecule has 0 saturated heterocycles. The van der Waals surface area contributed by atoms with Gasteiger partial charge in [0.1, 0.15) is 0 Å². The average Bonchev–Trinajstić information content (AvgIpc) is 2.11. The maximum atomic E-state index is 11.1. The highest BCUT2D eigenvalue weighted by molar-refractivity contribution is 7.89. The number of primary sulfonamides is 1. The van der Waals surface area contributed by atoms with E-state index >= 15 is 0 Å². The molecule has 0 atom stereocenters.